The fraction of sp³-hybridized carbons (Fsp3) is 0.400. The van der Waals surface area contributed by atoms with Gasteiger partial charge in [0.15, 0.2) is 0 Å². The van der Waals surface area contributed by atoms with Gasteiger partial charge in [-0.1, -0.05) is 11.6 Å². The van der Waals surface area contributed by atoms with Gasteiger partial charge in [-0.25, -0.2) is 4.98 Å². The second-order valence-electron chi connectivity index (χ2n) is 3.33. The minimum Gasteiger partial charge on any atom is -0.366 e. The highest BCUT2D eigenvalue weighted by molar-refractivity contribution is 5.35. The molecular formula is C10H14FN3. The Morgan fingerprint density at radius 3 is 2.79 bits per heavy atom. The molecule has 0 saturated carbocycles. The molecule has 1 N–H and O–H groups in total. The third kappa shape index (κ3) is 3.51. The summed E-state index contributed by atoms with van der Waals surface area (Å²) in [5, 5.41) is 2.99. The van der Waals surface area contributed by atoms with Gasteiger partial charge in [-0.2, -0.15) is 9.37 Å². The SMILES string of the molecule is CC(C)=CCNc1cc(C)nc(F)n1. The Kier molecular flexibility index (Phi) is 3.56. The zero-order valence-electron chi connectivity index (χ0n) is 8.63. The number of aromatic nitrogens is 2. The number of hydrogen-bond acceptors (Lipinski definition) is 3. The van der Waals surface area contributed by atoms with E-state index in [1.54, 1.807) is 13.0 Å². The molecule has 1 rings (SSSR count). The van der Waals surface area contributed by atoms with E-state index in [0.29, 0.717) is 18.1 Å². The average Bonchev–Trinajstić information content (AvgIpc) is 2.01. The third-order valence-electron chi connectivity index (χ3n) is 1.62. The van der Waals surface area contributed by atoms with Crippen molar-refractivity contribution in [3.8, 4) is 0 Å². The Bertz CT molecular complexity index is 323. The first-order valence-corrected chi connectivity index (χ1v) is 4.46. The van der Waals surface area contributed by atoms with Gasteiger partial charge in [0, 0.05) is 18.3 Å². The molecule has 0 atom stereocenters. The molecule has 0 unspecified atom stereocenters. The van der Waals surface area contributed by atoms with Gasteiger partial charge >= 0.3 is 6.08 Å². The van der Waals surface area contributed by atoms with Crippen LogP contribution in [0.4, 0.5) is 10.2 Å². The number of halogens is 1. The molecule has 0 aromatic carbocycles. The standard InChI is InChI=1S/C10H14FN3/c1-7(2)4-5-12-9-6-8(3)13-10(11)14-9/h4,6H,5H2,1-3H3,(H,12,13,14). The van der Waals surface area contributed by atoms with Crippen molar-refractivity contribution in [2.45, 2.75) is 20.8 Å². The highest BCUT2D eigenvalue weighted by atomic mass is 19.1. The van der Waals surface area contributed by atoms with Gasteiger partial charge in [-0.05, 0) is 20.8 Å². The van der Waals surface area contributed by atoms with Crippen molar-refractivity contribution in [2.75, 3.05) is 11.9 Å². The maximum atomic E-state index is 12.7. The molecule has 0 bridgehead atoms. The summed E-state index contributed by atoms with van der Waals surface area (Å²) in [6, 6.07) is 1.71. The molecule has 3 nitrogen and oxygen atoms in total. The fourth-order valence-corrected chi connectivity index (χ4v) is 0.983. The molecule has 1 aromatic rings. The van der Waals surface area contributed by atoms with Crippen LogP contribution in [-0.4, -0.2) is 16.5 Å². The number of nitrogens with zero attached hydrogens (tertiary/aromatic N) is 2. The van der Waals surface area contributed by atoms with Gasteiger partial charge < -0.3 is 5.32 Å². The van der Waals surface area contributed by atoms with E-state index in [9.17, 15) is 4.39 Å². The van der Waals surface area contributed by atoms with E-state index in [0.717, 1.165) is 0 Å². The Morgan fingerprint density at radius 1 is 1.50 bits per heavy atom. The Labute approximate surface area is 83.1 Å². The van der Waals surface area contributed by atoms with E-state index in [1.165, 1.54) is 5.57 Å². The highest BCUT2D eigenvalue weighted by Crippen LogP contribution is 2.04. The molecule has 0 aliphatic rings. The molecule has 1 aromatic heterocycles. The number of rotatable bonds is 3. The molecule has 0 fully saturated rings. The summed E-state index contributed by atoms with van der Waals surface area (Å²) in [4.78, 5) is 7.16. The number of aryl methyl sites for hydroxylation is 1. The summed E-state index contributed by atoms with van der Waals surface area (Å²) >= 11 is 0. The van der Waals surface area contributed by atoms with Gasteiger partial charge in [0.2, 0.25) is 0 Å². The van der Waals surface area contributed by atoms with Crippen LogP contribution in [-0.2, 0) is 0 Å². The van der Waals surface area contributed by atoms with E-state index < -0.39 is 6.08 Å². The van der Waals surface area contributed by atoms with Crippen LogP contribution in [0.1, 0.15) is 19.5 Å². The van der Waals surface area contributed by atoms with Crippen molar-refractivity contribution >= 4 is 5.82 Å². The zero-order chi connectivity index (χ0) is 10.6. The zero-order valence-corrected chi connectivity index (χ0v) is 8.63. The van der Waals surface area contributed by atoms with E-state index in [-0.39, 0.29) is 0 Å². The quantitative estimate of drug-likeness (QED) is 0.594. The van der Waals surface area contributed by atoms with Crippen LogP contribution in [0.25, 0.3) is 0 Å². The van der Waals surface area contributed by atoms with E-state index >= 15 is 0 Å². The van der Waals surface area contributed by atoms with Crippen LogP contribution in [0.15, 0.2) is 17.7 Å². The maximum Gasteiger partial charge on any atom is 0.310 e. The van der Waals surface area contributed by atoms with Gasteiger partial charge in [-0.15, -0.1) is 0 Å². The number of anilines is 1. The first-order valence-electron chi connectivity index (χ1n) is 4.46. The van der Waals surface area contributed by atoms with Crippen LogP contribution in [0.3, 0.4) is 0 Å². The first-order chi connectivity index (χ1) is 6.58. The van der Waals surface area contributed by atoms with Crippen molar-refractivity contribution < 1.29 is 4.39 Å². The van der Waals surface area contributed by atoms with Gasteiger partial charge in [0.1, 0.15) is 5.82 Å². The van der Waals surface area contributed by atoms with Gasteiger partial charge in [0.25, 0.3) is 0 Å². The highest BCUT2D eigenvalue weighted by Gasteiger charge is 1.98. The van der Waals surface area contributed by atoms with Crippen molar-refractivity contribution in [1.29, 1.82) is 0 Å². The summed E-state index contributed by atoms with van der Waals surface area (Å²) in [6.45, 7) is 6.40. The van der Waals surface area contributed by atoms with Crippen molar-refractivity contribution in [1.82, 2.24) is 9.97 Å². The van der Waals surface area contributed by atoms with Crippen LogP contribution in [0, 0.1) is 13.0 Å². The molecule has 0 saturated heterocycles. The normalized spacial score (nSPS) is 9.71. The summed E-state index contributed by atoms with van der Waals surface area (Å²) in [7, 11) is 0. The summed E-state index contributed by atoms with van der Waals surface area (Å²) in [5.41, 5.74) is 1.83. The largest absolute Gasteiger partial charge is 0.366 e. The monoisotopic (exact) mass is 195 g/mol. The second-order valence-corrected chi connectivity index (χ2v) is 3.33. The third-order valence-corrected chi connectivity index (χ3v) is 1.62. The first kappa shape index (κ1) is 10.6. The molecule has 0 spiro atoms. The van der Waals surface area contributed by atoms with Crippen LogP contribution >= 0.6 is 0 Å². The van der Waals surface area contributed by atoms with Crippen LogP contribution < -0.4 is 5.32 Å². The lowest BCUT2D eigenvalue weighted by Crippen LogP contribution is -2.04. The predicted octanol–water partition coefficient (Wildman–Crippen LogP) is 2.30. The molecule has 0 radical (unpaired) electrons. The lowest BCUT2D eigenvalue weighted by atomic mass is 10.3. The molecule has 14 heavy (non-hydrogen) atoms. The lowest BCUT2D eigenvalue weighted by Gasteiger charge is -2.03. The summed E-state index contributed by atoms with van der Waals surface area (Å²) < 4.78 is 12.7. The maximum absolute atomic E-state index is 12.7. The van der Waals surface area contributed by atoms with Crippen LogP contribution in [0.5, 0.6) is 0 Å². The Morgan fingerprint density at radius 2 is 2.21 bits per heavy atom. The van der Waals surface area contributed by atoms with Crippen molar-refractivity contribution in [2.24, 2.45) is 0 Å². The summed E-state index contributed by atoms with van der Waals surface area (Å²) in [5.74, 6) is 0.521. The fourth-order valence-electron chi connectivity index (χ4n) is 0.983. The second kappa shape index (κ2) is 4.69. The molecule has 0 aliphatic heterocycles. The molecule has 0 amide bonds. The predicted molar refractivity (Wildman–Crippen MR) is 54.6 cm³/mol. The van der Waals surface area contributed by atoms with Gasteiger partial charge in [0.05, 0.1) is 0 Å². The number of allylic oxidation sites excluding steroid dienone is 1. The Hall–Kier alpha value is -1.45. The minimum atomic E-state index is -0.690. The smallest absolute Gasteiger partial charge is 0.310 e. The molecule has 1 heterocycles. The van der Waals surface area contributed by atoms with Crippen molar-refractivity contribution in [3.05, 3.63) is 29.5 Å². The van der Waals surface area contributed by atoms with E-state index in [1.807, 2.05) is 19.9 Å². The van der Waals surface area contributed by atoms with Crippen LogP contribution in [0.2, 0.25) is 0 Å². The van der Waals surface area contributed by atoms with E-state index in [4.69, 9.17) is 0 Å². The minimum absolute atomic E-state index is 0.521. The molecule has 76 valence electrons. The molecular weight excluding hydrogens is 181 g/mol. The van der Waals surface area contributed by atoms with E-state index in [2.05, 4.69) is 15.3 Å². The summed E-state index contributed by atoms with van der Waals surface area (Å²) in [6.07, 6.45) is 1.32. The lowest BCUT2D eigenvalue weighted by molar-refractivity contribution is 0.536. The topological polar surface area (TPSA) is 37.8 Å². The van der Waals surface area contributed by atoms with Gasteiger partial charge in [-0.3, -0.25) is 0 Å². The number of hydrogen-bond donors (Lipinski definition) is 1. The number of nitrogens with one attached hydrogen (secondary N) is 1. The molecule has 4 heteroatoms. The molecule has 0 aliphatic carbocycles. The Balaban J connectivity index is 2.63. The average molecular weight is 195 g/mol. The van der Waals surface area contributed by atoms with Crippen molar-refractivity contribution in [3.63, 3.8) is 0 Å².